The van der Waals surface area contributed by atoms with Crippen molar-refractivity contribution in [3.05, 3.63) is 52.4 Å². The first kappa shape index (κ1) is 13.1. The molecular weight excluding hydrogens is 269 g/mol. The molecular formula is C13H13Cl2N3. The third-order valence-corrected chi connectivity index (χ3v) is 3.52. The lowest BCUT2D eigenvalue weighted by Crippen LogP contribution is -2.23. The fraction of sp³-hybridized carbons (Fsp3) is 0.231. The van der Waals surface area contributed by atoms with E-state index in [0.717, 1.165) is 10.6 Å². The molecule has 0 aliphatic rings. The molecule has 1 unspecified atom stereocenters. The predicted octanol–water partition coefficient (Wildman–Crippen LogP) is 3.98. The molecule has 1 aromatic carbocycles. The number of halogens is 2. The first-order valence-corrected chi connectivity index (χ1v) is 6.30. The van der Waals surface area contributed by atoms with Crippen molar-refractivity contribution in [2.24, 2.45) is 0 Å². The van der Waals surface area contributed by atoms with Crippen molar-refractivity contribution in [3.8, 4) is 0 Å². The highest BCUT2D eigenvalue weighted by molar-refractivity contribution is 6.32. The summed E-state index contributed by atoms with van der Waals surface area (Å²) >= 11 is 12.2. The quantitative estimate of drug-likeness (QED) is 0.852. The fourth-order valence-electron chi connectivity index (χ4n) is 1.76. The van der Waals surface area contributed by atoms with E-state index in [1.807, 2.05) is 43.1 Å². The van der Waals surface area contributed by atoms with Gasteiger partial charge in [-0.05, 0) is 18.6 Å². The highest BCUT2D eigenvalue weighted by Crippen LogP contribution is 2.31. The van der Waals surface area contributed by atoms with Crippen molar-refractivity contribution in [2.45, 2.75) is 13.0 Å². The molecule has 0 N–H and O–H groups in total. The third kappa shape index (κ3) is 2.57. The summed E-state index contributed by atoms with van der Waals surface area (Å²) in [6.07, 6.45) is 3.19. The fourth-order valence-corrected chi connectivity index (χ4v) is 2.29. The van der Waals surface area contributed by atoms with Gasteiger partial charge in [0.25, 0.3) is 0 Å². The molecule has 0 spiro atoms. The van der Waals surface area contributed by atoms with Gasteiger partial charge < -0.3 is 4.90 Å². The van der Waals surface area contributed by atoms with E-state index in [9.17, 15) is 0 Å². The summed E-state index contributed by atoms with van der Waals surface area (Å²) in [6, 6.07) is 7.80. The van der Waals surface area contributed by atoms with Crippen LogP contribution < -0.4 is 4.90 Å². The lowest BCUT2D eigenvalue weighted by atomic mass is 10.1. The number of rotatable bonds is 3. The van der Waals surface area contributed by atoms with Crippen LogP contribution in [0.4, 0.5) is 5.82 Å². The molecule has 94 valence electrons. The second-order valence-electron chi connectivity index (χ2n) is 3.98. The van der Waals surface area contributed by atoms with Gasteiger partial charge in [-0.25, -0.2) is 9.97 Å². The first-order chi connectivity index (χ1) is 8.61. The minimum atomic E-state index is 0.0629. The monoisotopic (exact) mass is 281 g/mol. The van der Waals surface area contributed by atoms with Gasteiger partial charge in [0.05, 0.1) is 6.04 Å². The van der Waals surface area contributed by atoms with Crippen molar-refractivity contribution in [1.29, 1.82) is 0 Å². The average Bonchev–Trinajstić information content (AvgIpc) is 2.38. The summed E-state index contributed by atoms with van der Waals surface area (Å²) in [7, 11) is 1.92. The number of aromatic nitrogens is 2. The Balaban J connectivity index is 2.33. The van der Waals surface area contributed by atoms with E-state index in [-0.39, 0.29) is 6.04 Å². The SMILES string of the molecule is CC(c1ccccc1Cl)N(C)c1nccnc1Cl. The molecule has 2 rings (SSSR count). The average molecular weight is 282 g/mol. The van der Waals surface area contributed by atoms with Gasteiger partial charge in [0, 0.05) is 24.5 Å². The summed E-state index contributed by atoms with van der Waals surface area (Å²) in [4.78, 5) is 10.2. The highest BCUT2D eigenvalue weighted by Gasteiger charge is 2.18. The van der Waals surface area contributed by atoms with Crippen molar-refractivity contribution >= 4 is 29.0 Å². The number of benzene rings is 1. The van der Waals surface area contributed by atoms with E-state index in [0.29, 0.717) is 11.0 Å². The van der Waals surface area contributed by atoms with Gasteiger partial charge in [0.2, 0.25) is 0 Å². The van der Waals surface area contributed by atoms with Crippen molar-refractivity contribution in [1.82, 2.24) is 9.97 Å². The highest BCUT2D eigenvalue weighted by atomic mass is 35.5. The van der Waals surface area contributed by atoms with Gasteiger partial charge >= 0.3 is 0 Å². The molecule has 2 aromatic rings. The second kappa shape index (κ2) is 5.55. The zero-order valence-electron chi connectivity index (χ0n) is 10.1. The van der Waals surface area contributed by atoms with E-state index in [1.54, 1.807) is 12.4 Å². The van der Waals surface area contributed by atoms with E-state index in [2.05, 4.69) is 9.97 Å². The maximum absolute atomic E-state index is 6.19. The molecule has 0 saturated carbocycles. The Morgan fingerprint density at radius 2 is 1.78 bits per heavy atom. The Morgan fingerprint density at radius 1 is 1.11 bits per heavy atom. The molecule has 18 heavy (non-hydrogen) atoms. The molecule has 5 heteroatoms. The predicted molar refractivity (Wildman–Crippen MR) is 75.3 cm³/mol. The van der Waals surface area contributed by atoms with Crippen LogP contribution in [0.15, 0.2) is 36.7 Å². The van der Waals surface area contributed by atoms with Gasteiger partial charge in [-0.3, -0.25) is 0 Å². The minimum absolute atomic E-state index is 0.0629. The summed E-state index contributed by atoms with van der Waals surface area (Å²) in [5.41, 5.74) is 1.03. The van der Waals surface area contributed by atoms with Gasteiger partial charge in [-0.1, -0.05) is 41.4 Å². The van der Waals surface area contributed by atoms with Crippen molar-refractivity contribution < 1.29 is 0 Å². The molecule has 0 saturated heterocycles. The zero-order chi connectivity index (χ0) is 13.1. The molecule has 0 aliphatic carbocycles. The molecule has 0 bridgehead atoms. The van der Waals surface area contributed by atoms with Crippen molar-refractivity contribution in [3.63, 3.8) is 0 Å². The maximum Gasteiger partial charge on any atom is 0.171 e. The summed E-state index contributed by atoms with van der Waals surface area (Å²) < 4.78 is 0. The van der Waals surface area contributed by atoms with Gasteiger partial charge in [-0.15, -0.1) is 0 Å². The largest absolute Gasteiger partial charge is 0.350 e. The lowest BCUT2D eigenvalue weighted by molar-refractivity contribution is 0.726. The Hall–Kier alpha value is -1.32. The lowest BCUT2D eigenvalue weighted by Gasteiger charge is -2.27. The van der Waals surface area contributed by atoms with Crippen LogP contribution in [0.3, 0.4) is 0 Å². The molecule has 0 amide bonds. The van der Waals surface area contributed by atoms with Crippen LogP contribution in [0.25, 0.3) is 0 Å². The Bertz CT molecular complexity index is 496. The molecule has 1 heterocycles. The van der Waals surface area contributed by atoms with Crippen LogP contribution >= 0.6 is 23.2 Å². The first-order valence-electron chi connectivity index (χ1n) is 5.55. The number of hydrogen-bond donors (Lipinski definition) is 0. The molecule has 0 fully saturated rings. The Kier molecular flexibility index (Phi) is 4.04. The maximum atomic E-state index is 6.19. The Labute approximate surface area is 116 Å². The minimum Gasteiger partial charge on any atom is -0.350 e. The topological polar surface area (TPSA) is 29.0 Å². The molecule has 0 aliphatic heterocycles. The number of nitrogens with zero attached hydrogens (tertiary/aromatic N) is 3. The van der Waals surface area contributed by atoms with Gasteiger partial charge in [-0.2, -0.15) is 0 Å². The van der Waals surface area contributed by atoms with Crippen LogP contribution in [0, 0.1) is 0 Å². The van der Waals surface area contributed by atoms with Gasteiger partial charge in [0.1, 0.15) is 0 Å². The van der Waals surface area contributed by atoms with E-state index < -0.39 is 0 Å². The zero-order valence-corrected chi connectivity index (χ0v) is 11.7. The molecule has 1 aromatic heterocycles. The second-order valence-corrected chi connectivity index (χ2v) is 4.74. The number of hydrogen-bond acceptors (Lipinski definition) is 3. The summed E-state index contributed by atoms with van der Waals surface area (Å²) in [5.74, 6) is 0.645. The standard InChI is InChI=1S/C13H13Cl2N3/c1-9(10-5-3-4-6-11(10)14)18(2)13-12(15)16-7-8-17-13/h3-9H,1-2H3. The summed E-state index contributed by atoms with van der Waals surface area (Å²) in [6.45, 7) is 2.05. The number of anilines is 1. The molecule has 3 nitrogen and oxygen atoms in total. The van der Waals surface area contributed by atoms with Crippen molar-refractivity contribution in [2.75, 3.05) is 11.9 Å². The van der Waals surface area contributed by atoms with Crippen LogP contribution in [0.1, 0.15) is 18.5 Å². The van der Waals surface area contributed by atoms with E-state index in [4.69, 9.17) is 23.2 Å². The normalized spacial score (nSPS) is 12.2. The van der Waals surface area contributed by atoms with Crippen LogP contribution in [-0.2, 0) is 0 Å². The van der Waals surface area contributed by atoms with Crippen LogP contribution in [0.2, 0.25) is 10.2 Å². The van der Waals surface area contributed by atoms with E-state index in [1.165, 1.54) is 0 Å². The Morgan fingerprint density at radius 3 is 2.44 bits per heavy atom. The van der Waals surface area contributed by atoms with Crippen LogP contribution in [-0.4, -0.2) is 17.0 Å². The smallest absolute Gasteiger partial charge is 0.171 e. The molecule has 0 radical (unpaired) electrons. The third-order valence-electron chi connectivity index (χ3n) is 2.91. The van der Waals surface area contributed by atoms with E-state index >= 15 is 0 Å². The van der Waals surface area contributed by atoms with Gasteiger partial charge in [0.15, 0.2) is 11.0 Å². The summed E-state index contributed by atoms with van der Waals surface area (Å²) in [5, 5.41) is 1.12. The van der Waals surface area contributed by atoms with Crippen LogP contribution in [0.5, 0.6) is 0 Å². The molecule has 1 atom stereocenters.